The van der Waals surface area contributed by atoms with E-state index in [0.717, 1.165) is 11.1 Å². The van der Waals surface area contributed by atoms with Crippen LogP contribution in [0.5, 0.6) is 0 Å². The zero-order chi connectivity index (χ0) is 14.1. The van der Waals surface area contributed by atoms with Crippen molar-refractivity contribution in [2.45, 2.75) is 6.54 Å². The van der Waals surface area contributed by atoms with Crippen LogP contribution < -0.4 is 5.73 Å². The lowest BCUT2D eigenvalue weighted by Crippen LogP contribution is -2.25. The molecule has 2 aromatic heterocycles. The number of anilines is 1. The summed E-state index contributed by atoms with van der Waals surface area (Å²) in [7, 11) is 1.73. The molecule has 0 aliphatic carbocycles. The first kappa shape index (κ1) is 12.7. The summed E-state index contributed by atoms with van der Waals surface area (Å²) in [5.41, 5.74) is 9.63. The van der Waals surface area contributed by atoms with E-state index >= 15 is 0 Å². The molecule has 3 rings (SSSR count). The molecule has 0 unspecified atom stereocenters. The first-order chi connectivity index (χ1) is 9.63. The highest BCUT2D eigenvalue weighted by Gasteiger charge is 2.17. The second-order valence-corrected chi connectivity index (χ2v) is 5.27. The summed E-state index contributed by atoms with van der Waals surface area (Å²) >= 11 is 1.51. The number of aromatic nitrogens is 1. The van der Waals surface area contributed by atoms with Gasteiger partial charge < -0.3 is 15.1 Å². The smallest absolute Gasteiger partial charge is 0.289 e. The van der Waals surface area contributed by atoms with Crippen LogP contribution in [0.15, 0.2) is 39.6 Å². The molecular formula is C14H13N3O2S. The number of thiazole rings is 1. The molecule has 1 aromatic carbocycles. The molecule has 0 atom stereocenters. The first-order valence-electron chi connectivity index (χ1n) is 6.05. The number of carbonyl (C=O) groups excluding carboxylic acids is 1. The highest BCUT2D eigenvalue weighted by molar-refractivity contribution is 7.07. The average Bonchev–Trinajstić information content (AvgIpc) is 3.06. The normalized spacial score (nSPS) is 10.8. The number of amides is 1. The minimum absolute atomic E-state index is 0.173. The molecule has 3 aromatic rings. The number of nitrogens with zero attached hydrogens (tertiary/aromatic N) is 2. The number of hydrogen-bond donors (Lipinski definition) is 1. The molecule has 20 heavy (non-hydrogen) atoms. The van der Waals surface area contributed by atoms with E-state index in [1.54, 1.807) is 41.7 Å². The Balaban J connectivity index is 1.84. The van der Waals surface area contributed by atoms with Crippen molar-refractivity contribution in [3.63, 3.8) is 0 Å². The Bertz CT molecular complexity index is 749. The molecule has 0 radical (unpaired) electrons. The van der Waals surface area contributed by atoms with Crippen molar-refractivity contribution >= 4 is 33.9 Å². The molecule has 0 spiro atoms. The molecule has 0 saturated heterocycles. The summed E-state index contributed by atoms with van der Waals surface area (Å²) in [6.45, 7) is 0.460. The maximum Gasteiger partial charge on any atom is 0.289 e. The molecule has 0 saturated carbocycles. The first-order valence-corrected chi connectivity index (χ1v) is 6.99. The van der Waals surface area contributed by atoms with Crippen molar-refractivity contribution in [1.82, 2.24) is 9.88 Å². The molecule has 0 bridgehead atoms. The fraction of sp³-hybridized carbons (Fsp3) is 0.143. The molecule has 0 aliphatic rings. The van der Waals surface area contributed by atoms with Gasteiger partial charge in [0.1, 0.15) is 5.58 Å². The summed E-state index contributed by atoms with van der Waals surface area (Å²) in [5, 5.41) is 2.75. The van der Waals surface area contributed by atoms with Crippen LogP contribution in [0, 0.1) is 0 Å². The molecule has 102 valence electrons. The van der Waals surface area contributed by atoms with Gasteiger partial charge in [0.15, 0.2) is 5.76 Å². The standard InChI is InChI=1S/C14H13N3O2S/c1-17(6-11-7-20-8-16-11)14(18)13-5-9-4-10(15)2-3-12(9)19-13/h2-5,7-8H,6,15H2,1H3. The van der Waals surface area contributed by atoms with E-state index < -0.39 is 0 Å². The Hall–Kier alpha value is -2.34. The summed E-state index contributed by atoms with van der Waals surface area (Å²) in [4.78, 5) is 18.0. The maximum atomic E-state index is 12.3. The lowest BCUT2D eigenvalue weighted by atomic mass is 10.2. The van der Waals surface area contributed by atoms with E-state index in [0.29, 0.717) is 23.6 Å². The van der Waals surface area contributed by atoms with Gasteiger partial charge >= 0.3 is 0 Å². The zero-order valence-corrected chi connectivity index (χ0v) is 11.7. The number of carbonyl (C=O) groups is 1. The molecule has 1 amide bonds. The van der Waals surface area contributed by atoms with Crippen LogP contribution in [0.1, 0.15) is 16.2 Å². The van der Waals surface area contributed by atoms with Crippen molar-refractivity contribution in [1.29, 1.82) is 0 Å². The van der Waals surface area contributed by atoms with Gasteiger partial charge in [0.05, 0.1) is 17.7 Å². The van der Waals surface area contributed by atoms with Crippen LogP contribution in [0.3, 0.4) is 0 Å². The highest BCUT2D eigenvalue weighted by Crippen LogP contribution is 2.22. The third kappa shape index (κ3) is 2.37. The second kappa shape index (κ2) is 4.97. The van der Waals surface area contributed by atoms with Crippen LogP contribution in [-0.4, -0.2) is 22.8 Å². The average molecular weight is 287 g/mol. The molecule has 0 fully saturated rings. The number of hydrogen-bond acceptors (Lipinski definition) is 5. The van der Waals surface area contributed by atoms with Gasteiger partial charge in [-0.3, -0.25) is 4.79 Å². The predicted octanol–water partition coefficient (Wildman–Crippen LogP) is 2.74. The summed E-state index contributed by atoms with van der Waals surface area (Å²) < 4.78 is 5.56. The number of benzene rings is 1. The summed E-state index contributed by atoms with van der Waals surface area (Å²) in [5.74, 6) is 0.135. The van der Waals surface area contributed by atoms with Gasteiger partial charge in [-0.15, -0.1) is 11.3 Å². The van der Waals surface area contributed by atoms with E-state index in [1.165, 1.54) is 11.3 Å². The van der Waals surface area contributed by atoms with Crippen molar-refractivity contribution in [2.24, 2.45) is 0 Å². The third-order valence-corrected chi connectivity index (χ3v) is 3.62. The van der Waals surface area contributed by atoms with Gasteiger partial charge in [-0.25, -0.2) is 4.98 Å². The topological polar surface area (TPSA) is 72.4 Å². The van der Waals surface area contributed by atoms with Gasteiger partial charge in [-0.1, -0.05) is 0 Å². The highest BCUT2D eigenvalue weighted by atomic mass is 32.1. The maximum absolute atomic E-state index is 12.3. The van der Waals surface area contributed by atoms with Gasteiger partial charge in [-0.2, -0.15) is 0 Å². The number of nitrogen functional groups attached to an aromatic ring is 1. The molecule has 2 N–H and O–H groups in total. The predicted molar refractivity (Wildman–Crippen MR) is 78.5 cm³/mol. The van der Waals surface area contributed by atoms with Crippen LogP contribution in [0.25, 0.3) is 11.0 Å². The van der Waals surface area contributed by atoms with E-state index in [-0.39, 0.29) is 5.91 Å². The van der Waals surface area contributed by atoms with Gasteiger partial charge in [0.2, 0.25) is 0 Å². The Labute approximate surface area is 119 Å². The minimum Gasteiger partial charge on any atom is -0.451 e. The SMILES string of the molecule is CN(Cc1cscn1)C(=O)c1cc2cc(N)ccc2o1. The summed E-state index contributed by atoms with van der Waals surface area (Å²) in [6.07, 6.45) is 0. The lowest BCUT2D eigenvalue weighted by Gasteiger charge is -2.13. The van der Waals surface area contributed by atoms with E-state index in [9.17, 15) is 4.79 Å². The largest absolute Gasteiger partial charge is 0.451 e. The number of fused-ring (bicyclic) bond motifs is 1. The minimum atomic E-state index is -0.173. The Morgan fingerprint density at radius 2 is 2.30 bits per heavy atom. The molecule has 2 heterocycles. The van der Waals surface area contributed by atoms with Crippen LogP contribution in [0.4, 0.5) is 5.69 Å². The summed E-state index contributed by atoms with van der Waals surface area (Å²) in [6, 6.07) is 7.02. The molecule has 5 nitrogen and oxygen atoms in total. The number of nitrogens with two attached hydrogens (primary N) is 1. The van der Waals surface area contributed by atoms with Crippen LogP contribution in [-0.2, 0) is 6.54 Å². The molecular weight excluding hydrogens is 274 g/mol. The Kier molecular flexibility index (Phi) is 3.15. The second-order valence-electron chi connectivity index (χ2n) is 4.55. The Morgan fingerprint density at radius 3 is 3.05 bits per heavy atom. The van der Waals surface area contributed by atoms with Gasteiger partial charge in [0, 0.05) is 23.5 Å². The monoisotopic (exact) mass is 287 g/mol. The van der Waals surface area contributed by atoms with Crippen molar-refractivity contribution in [3.8, 4) is 0 Å². The zero-order valence-electron chi connectivity index (χ0n) is 10.9. The Morgan fingerprint density at radius 1 is 1.45 bits per heavy atom. The fourth-order valence-corrected chi connectivity index (χ4v) is 2.54. The molecule has 6 heteroatoms. The van der Waals surface area contributed by atoms with Crippen LogP contribution >= 0.6 is 11.3 Å². The molecule has 0 aliphatic heterocycles. The van der Waals surface area contributed by atoms with Crippen molar-refractivity contribution < 1.29 is 9.21 Å². The van der Waals surface area contributed by atoms with E-state index in [1.807, 2.05) is 5.38 Å². The number of furan rings is 1. The van der Waals surface area contributed by atoms with E-state index in [2.05, 4.69) is 4.98 Å². The third-order valence-electron chi connectivity index (χ3n) is 2.98. The van der Waals surface area contributed by atoms with Crippen LogP contribution in [0.2, 0.25) is 0 Å². The van der Waals surface area contributed by atoms with Gasteiger partial charge in [0.25, 0.3) is 5.91 Å². The van der Waals surface area contributed by atoms with Crippen molar-refractivity contribution in [2.75, 3.05) is 12.8 Å². The lowest BCUT2D eigenvalue weighted by molar-refractivity contribution is 0.0754. The number of rotatable bonds is 3. The van der Waals surface area contributed by atoms with E-state index in [4.69, 9.17) is 10.2 Å². The van der Waals surface area contributed by atoms with Crippen molar-refractivity contribution in [3.05, 3.63) is 46.6 Å². The fourth-order valence-electron chi connectivity index (χ4n) is 1.99. The van der Waals surface area contributed by atoms with Gasteiger partial charge in [-0.05, 0) is 24.3 Å². The quantitative estimate of drug-likeness (QED) is 0.752.